The predicted molar refractivity (Wildman–Crippen MR) is 115 cm³/mol. The summed E-state index contributed by atoms with van der Waals surface area (Å²) >= 11 is 1.46. The number of aromatic nitrogens is 4. The largest absolute Gasteiger partial charge is 0.353 e. The lowest BCUT2D eigenvalue weighted by Gasteiger charge is -2.26. The number of fused-ring (bicyclic) bond motifs is 3. The van der Waals surface area contributed by atoms with Gasteiger partial charge in [0.25, 0.3) is 5.56 Å². The number of hydrogen-bond acceptors (Lipinski definition) is 5. The summed E-state index contributed by atoms with van der Waals surface area (Å²) < 4.78 is 4.44. The zero-order valence-corrected chi connectivity index (χ0v) is 18.0. The first-order valence-corrected chi connectivity index (χ1v) is 11.6. The standard InChI is InChI=1S/C21H29N5O2S/c1-3-12-25-20(28)19-16(11-13-29-19)26-17(23-24-21(25)26)5-4-6-18(27)22-15-9-7-14(2)8-10-15/h11,13-15H,3-10,12H2,1-2H3,(H,22,27). The highest BCUT2D eigenvalue weighted by Crippen LogP contribution is 2.24. The summed E-state index contributed by atoms with van der Waals surface area (Å²) in [5, 5.41) is 13.8. The smallest absolute Gasteiger partial charge is 0.272 e. The Balaban J connectivity index is 1.46. The van der Waals surface area contributed by atoms with Crippen molar-refractivity contribution in [3.05, 3.63) is 27.6 Å². The van der Waals surface area contributed by atoms with E-state index in [2.05, 4.69) is 22.4 Å². The highest BCUT2D eigenvalue weighted by Gasteiger charge is 2.20. The molecule has 3 heterocycles. The van der Waals surface area contributed by atoms with Crippen LogP contribution in [0.25, 0.3) is 16.0 Å². The van der Waals surface area contributed by atoms with Crippen LogP contribution >= 0.6 is 11.3 Å². The van der Waals surface area contributed by atoms with Crippen molar-refractivity contribution in [3.8, 4) is 0 Å². The lowest BCUT2D eigenvalue weighted by atomic mass is 9.87. The van der Waals surface area contributed by atoms with Crippen molar-refractivity contribution in [3.63, 3.8) is 0 Å². The molecule has 156 valence electrons. The number of hydrogen-bond donors (Lipinski definition) is 1. The molecule has 0 unspecified atom stereocenters. The van der Waals surface area contributed by atoms with Crippen LogP contribution in [0.5, 0.6) is 0 Å². The molecule has 1 N–H and O–H groups in total. The van der Waals surface area contributed by atoms with E-state index in [0.717, 1.165) is 41.2 Å². The van der Waals surface area contributed by atoms with E-state index in [4.69, 9.17) is 0 Å². The molecule has 0 atom stereocenters. The fraction of sp³-hybridized carbons (Fsp3) is 0.619. The quantitative estimate of drug-likeness (QED) is 0.640. The molecular formula is C21H29N5O2S. The zero-order chi connectivity index (χ0) is 20.4. The van der Waals surface area contributed by atoms with Crippen LogP contribution in [0.15, 0.2) is 16.2 Å². The molecule has 1 fully saturated rings. The van der Waals surface area contributed by atoms with E-state index in [-0.39, 0.29) is 11.5 Å². The van der Waals surface area contributed by atoms with Gasteiger partial charge in [-0.2, -0.15) is 0 Å². The normalized spacial score (nSPS) is 19.8. The van der Waals surface area contributed by atoms with E-state index in [1.54, 1.807) is 4.57 Å². The van der Waals surface area contributed by atoms with Gasteiger partial charge in [-0.25, -0.2) is 0 Å². The Morgan fingerprint density at radius 2 is 2.07 bits per heavy atom. The summed E-state index contributed by atoms with van der Waals surface area (Å²) in [5.41, 5.74) is 0.868. The van der Waals surface area contributed by atoms with Crippen LogP contribution in [-0.2, 0) is 17.8 Å². The second kappa shape index (κ2) is 8.65. The number of nitrogens with one attached hydrogen (secondary N) is 1. The SMILES string of the molecule is CCCn1c(=O)c2sccc2n2c(CCCC(=O)NC3CCC(C)CC3)nnc12. The summed E-state index contributed by atoms with van der Waals surface area (Å²) in [4.78, 5) is 25.1. The van der Waals surface area contributed by atoms with E-state index in [1.807, 2.05) is 22.8 Å². The van der Waals surface area contributed by atoms with Gasteiger partial charge in [-0.3, -0.25) is 18.6 Å². The first-order valence-electron chi connectivity index (χ1n) is 10.7. The van der Waals surface area contributed by atoms with Gasteiger partial charge in [-0.05, 0) is 55.9 Å². The Hall–Kier alpha value is -2.22. The van der Waals surface area contributed by atoms with E-state index in [9.17, 15) is 9.59 Å². The molecule has 4 rings (SSSR count). The maximum atomic E-state index is 12.8. The van der Waals surface area contributed by atoms with Crippen LogP contribution < -0.4 is 10.9 Å². The molecular weight excluding hydrogens is 386 g/mol. The van der Waals surface area contributed by atoms with Crippen molar-refractivity contribution < 1.29 is 4.79 Å². The molecule has 1 amide bonds. The number of aryl methyl sites for hydroxylation is 2. The minimum Gasteiger partial charge on any atom is -0.353 e. The van der Waals surface area contributed by atoms with E-state index < -0.39 is 0 Å². The Morgan fingerprint density at radius 3 is 2.83 bits per heavy atom. The lowest BCUT2D eigenvalue weighted by Crippen LogP contribution is -2.37. The third-order valence-corrected chi connectivity index (χ3v) is 6.80. The maximum absolute atomic E-state index is 12.8. The number of carbonyl (C=O) groups excluding carboxylic acids is 1. The van der Waals surface area contributed by atoms with Gasteiger partial charge in [0.1, 0.15) is 10.5 Å². The second-order valence-corrected chi connectivity index (χ2v) is 9.14. The number of thiophene rings is 1. The van der Waals surface area contributed by atoms with Crippen LogP contribution in [0.2, 0.25) is 0 Å². The number of carbonyl (C=O) groups is 1. The van der Waals surface area contributed by atoms with Crippen LogP contribution in [0.3, 0.4) is 0 Å². The Kier molecular flexibility index (Phi) is 5.99. The predicted octanol–water partition coefficient (Wildman–Crippen LogP) is 3.53. The number of nitrogens with zero attached hydrogens (tertiary/aromatic N) is 4. The summed E-state index contributed by atoms with van der Waals surface area (Å²) in [6.45, 7) is 4.95. The molecule has 7 nitrogen and oxygen atoms in total. The molecule has 0 radical (unpaired) electrons. The van der Waals surface area contributed by atoms with Gasteiger partial charge in [0, 0.05) is 25.4 Å². The van der Waals surface area contributed by atoms with Crippen molar-refractivity contribution in [1.82, 2.24) is 24.5 Å². The van der Waals surface area contributed by atoms with Crippen molar-refractivity contribution in [1.29, 1.82) is 0 Å². The molecule has 0 spiro atoms. The molecule has 8 heteroatoms. The van der Waals surface area contributed by atoms with Crippen LogP contribution in [0.1, 0.15) is 64.6 Å². The average Bonchev–Trinajstić information content (AvgIpc) is 3.34. The Bertz CT molecular complexity index is 1060. The fourth-order valence-corrected chi connectivity index (χ4v) is 5.10. The van der Waals surface area contributed by atoms with Gasteiger partial charge in [-0.1, -0.05) is 13.8 Å². The van der Waals surface area contributed by atoms with E-state index in [1.165, 1.54) is 24.2 Å². The molecule has 3 aromatic heterocycles. The maximum Gasteiger partial charge on any atom is 0.272 e. The first kappa shape index (κ1) is 20.1. The summed E-state index contributed by atoms with van der Waals surface area (Å²) in [6, 6.07) is 2.29. The molecule has 1 aliphatic carbocycles. The summed E-state index contributed by atoms with van der Waals surface area (Å²) in [6.07, 6.45) is 7.30. The van der Waals surface area contributed by atoms with Crippen molar-refractivity contribution in [2.45, 2.75) is 77.8 Å². The molecule has 0 saturated heterocycles. The molecule has 3 aromatic rings. The minimum atomic E-state index is 0.00415. The Morgan fingerprint density at radius 1 is 1.28 bits per heavy atom. The van der Waals surface area contributed by atoms with Gasteiger partial charge < -0.3 is 5.32 Å². The van der Waals surface area contributed by atoms with Gasteiger partial charge in [-0.15, -0.1) is 21.5 Å². The molecule has 0 aliphatic heterocycles. The molecule has 29 heavy (non-hydrogen) atoms. The van der Waals surface area contributed by atoms with Gasteiger partial charge in [0.15, 0.2) is 0 Å². The first-order chi connectivity index (χ1) is 14.1. The van der Waals surface area contributed by atoms with Crippen molar-refractivity contribution in [2.75, 3.05) is 0 Å². The van der Waals surface area contributed by atoms with E-state index >= 15 is 0 Å². The van der Waals surface area contributed by atoms with Gasteiger partial charge in [0.2, 0.25) is 11.7 Å². The number of amides is 1. The van der Waals surface area contributed by atoms with Crippen LogP contribution in [0, 0.1) is 5.92 Å². The van der Waals surface area contributed by atoms with Crippen molar-refractivity contribution >= 4 is 33.2 Å². The van der Waals surface area contributed by atoms with Gasteiger partial charge in [0.05, 0.1) is 5.52 Å². The topological polar surface area (TPSA) is 81.3 Å². The molecule has 0 bridgehead atoms. The molecule has 1 aliphatic rings. The highest BCUT2D eigenvalue weighted by atomic mass is 32.1. The zero-order valence-electron chi connectivity index (χ0n) is 17.2. The summed E-state index contributed by atoms with van der Waals surface area (Å²) in [5.74, 6) is 2.32. The highest BCUT2D eigenvalue weighted by molar-refractivity contribution is 7.17. The molecule has 1 saturated carbocycles. The van der Waals surface area contributed by atoms with E-state index in [0.29, 0.717) is 37.6 Å². The van der Waals surface area contributed by atoms with Gasteiger partial charge >= 0.3 is 0 Å². The Labute approximate surface area is 174 Å². The second-order valence-electron chi connectivity index (χ2n) is 8.22. The minimum absolute atomic E-state index is 0.00415. The van der Waals surface area contributed by atoms with Crippen LogP contribution in [-0.4, -0.2) is 31.1 Å². The third kappa shape index (κ3) is 4.08. The van der Waals surface area contributed by atoms with Crippen molar-refractivity contribution in [2.24, 2.45) is 5.92 Å². The third-order valence-electron chi connectivity index (χ3n) is 5.91. The monoisotopic (exact) mass is 415 g/mol. The fourth-order valence-electron chi connectivity index (χ4n) is 4.28. The van der Waals surface area contributed by atoms with Crippen LogP contribution in [0.4, 0.5) is 0 Å². The lowest BCUT2D eigenvalue weighted by molar-refractivity contribution is -0.122. The average molecular weight is 416 g/mol. The molecule has 0 aromatic carbocycles. The number of rotatable bonds is 7. The summed E-state index contributed by atoms with van der Waals surface area (Å²) in [7, 11) is 0.